The molecule has 1 aromatic carbocycles. The Bertz CT molecular complexity index is 559. The van der Waals surface area contributed by atoms with Gasteiger partial charge < -0.3 is 16.0 Å². The van der Waals surface area contributed by atoms with E-state index < -0.39 is 0 Å². The number of anilines is 2. The molecule has 3 N–H and O–H groups in total. The molecule has 0 aliphatic rings. The van der Waals surface area contributed by atoms with Crippen molar-refractivity contribution in [1.82, 2.24) is 5.32 Å². The summed E-state index contributed by atoms with van der Waals surface area (Å²) in [4.78, 5) is 23.4. The van der Waals surface area contributed by atoms with E-state index in [1.807, 2.05) is 39.0 Å². The molecule has 0 heterocycles. The van der Waals surface area contributed by atoms with Gasteiger partial charge in [0.1, 0.15) is 0 Å². The van der Waals surface area contributed by atoms with Crippen LogP contribution >= 0.6 is 12.2 Å². The van der Waals surface area contributed by atoms with Crippen LogP contribution in [0.25, 0.3) is 0 Å². The molecule has 1 rings (SSSR count). The maximum Gasteiger partial charge on any atom is 0.226 e. The standard InChI is InChI=1S/C17H25N3O2S/c1-4-5-9-15(21)18-13-7-6-8-14(11-13)19-17(23)20-16(22)10-12(2)3/h6-8,11-12H,4-5,9-10H2,1-3H3,(H,18,21)(H2,19,20,22,23). The van der Waals surface area contributed by atoms with E-state index in [9.17, 15) is 9.59 Å². The molecule has 0 saturated heterocycles. The van der Waals surface area contributed by atoms with Gasteiger partial charge in [0.05, 0.1) is 0 Å². The molecule has 23 heavy (non-hydrogen) atoms. The second kappa shape index (κ2) is 9.94. The van der Waals surface area contributed by atoms with E-state index in [0.29, 0.717) is 24.2 Å². The summed E-state index contributed by atoms with van der Waals surface area (Å²) in [7, 11) is 0. The highest BCUT2D eigenvalue weighted by atomic mass is 32.1. The van der Waals surface area contributed by atoms with Crippen LogP contribution in [-0.4, -0.2) is 16.9 Å². The van der Waals surface area contributed by atoms with E-state index in [1.54, 1.807) is 6.07 Å². The largest absolute Gasteiger partial charge is 0.332 e. The lowest BCUT2D eigenvalue weighted by Gasteiger charge is -2.12. The summed E-state index contributed by atoms with van der Waals surface area (Å²) in [6, 6.07) is 7.24. The number of hydrogen-bond donors (Lipinski definition) is 3. The Morgan fingerprint density at radius 1 is 1.13 bits per heavy atom. The van der Waals surface area contributed by atoms with Crippen LogP contribution in [0.1, 0.15) is 46.5 Å². The van der Waals surface area contributed by atoms with E-state index in [2.05, 4.69) is 16.0 Å². The monoisotopic (exact) mass is 335 g/mol. The van der Waals surface area contributed by atoms with Gasteiger partial charge in [-0.25, -0.2) is 0 Å². The Hall–Kier alpha value is -1.95. The summed E-state index contributed by atoms with van der Waals surface area (Å²) in [6.45, 7) is 5.99. The topological polar surface area (TPSA) is 70.2 Å². The quantitative estimate of drug-likeness (QED) is 0.665. The van der Waals surface area contributed by atoms with Crippen LogP contribution in [0.3, 0.4) is 0 Å². The predicted molar refractivity (Wildman–Crippen MR) is 98.4 cm³/mol. The number of benzene rings is 1. The molecule has 5 nitrogen and oxygen atoms in total. The molecule has 1 aromatic rings. The van der Waals surface area contributed by atoms with Gasteiger partial charge in [-0.15, -0.1) is 0 Å². The van der Waals surface area contributed by atoms with Crippen molar-refractivity contribution in [3.8, 4) is 0 Å². The Morgan fingerprint density at radius 2 is 1.78 bits per heavy atom. The van der Waals surface area contributed by atoms with Crippen LogP contribution in [0.15, 0.2) is 24.3 Å². The summed E-state index contributed by atoms with van der Waals surface area (Å²) < 4.78 is 0. The molecule has 0 spiro atoms. The molecule has 6 heteroatoms. The smallest absolute Gasteiger partial charge is 0.226 e. The predicted octanol–water partition coefficient (Wildman–Crippen LogP) is 3.67. The van der Waals surface area contributed by atoms with Crippen molar-refractivity contribution in [2.75, 3.05) is 10.6 Å². The lowest BCUT2D eigenvalue weighted by Crippen LogP contribution is -2.34. The molecule has 0 atom stereocenters. The zero-order chi connectivity index (χ0) is 17.2. The summed E-state index contributed by atoms with van der Waals surface area (Å²) in [5, 5.41) is 8.70. The van der Waals surface area contributed by atoms with Crippen molar-refractivity contribution in [3.63, 3.8) is 0 Å². The Balaban J connectivity index is 2.54. The van der Waals surface area contributed by atoms with Crippen molar-refractivity contribution in [3.05, 3.63) is 24.3 Å². The normalized spacial score (nSPS) is 10.3. The number of carbonyl (C=O) groups excluding carboxylic acids is 2. The molecular formula is C17H25N3O2S. The zero-order valence-corrected chi connectivity index (χ0v) is 14.8. The number of hydrogen-bond acceptors (Lipinski definition) is 3. The second-order valence-corrected chi connectivity index (χ2v) is 6.24. The summed E-state index contributed by atoms with van der Waals surface area (Å²) in [5.74, 6) is 0.165. The third kappa shape index (κ3) is 8.30. The third-order valence-corrected chi connectivity index (χ3v) is 3.21. The molecule has 2 amide bonds. The first-order chi connectivity index (χ1) is 10.9. The molecule has 0 bridgehead atoms. The van der Waals surface area contributed by atoms with Gasteiger partial charge in [-0.2, -0.15) is 0 Å². The van der Waals surface area contributed by atoms with Crippen molar-refractivity contribution in [2.24, 2.45) is 5.92 Å². The summed E-state index contributed by atoms with van der Waals surface area (Å²) in [5.41, 5.74) is 1.42. The average Bonchev–Trinajstić information content (AvgIpc) is 2.44. The van der Waals surface area contributed by atoms with Gasteiger partial charge in [0.2, 0.25) is 11.8 Å². The van der Waals surface area contributed by atoms with Gasteiger partial charge in [-0.1, -0.05) is 33.3 Å². The Labute approximate surface area is 143 Å². The van der Waals surface area contributed by atoms with Crippen LogP contribution in [0.4, 0.5) is 11.4 Å². The van der Waals surface area contributed by atoms with Gasteiger partial charge in [0, 0.05) is 24.2 Å². The fraction of sp³-hybridized carbons (Fsp3) is 0.471. The molecule has 0 saturated carbocycles. The second-order valence-electron chi connectivity index (χ2n) is 5.83. The number of thiocarbonyl (C=S) groups is 1. The lowest BCUT2D eigenvalue weighted by molar-refractivity contribution is -0.120. The highest BCUT2D eigenvalue weighted by molar-refractivity contribution is 7.80. The summed E-state index contributed by atoms with van der Waals surface area (Å²) >= 11 is 5.12. The van der Waals surface area contributed by atoms with Crippen molar-refractivity contribution in [2.45, 2.75) is 46.5 Å². The maximum absolute atomic E-state index is 11.7. The van der Waals surface area contributed by atoms with Crippen LogP contribution in [0, 0.1) is 5.92 Å². The summed E-state index contributed by atoms with van der Waals surface area (Å²) in [6.07, 6.45) is 2.79. The molecule has 126 valence electrons. The minimum absolute atomic E-state index is 0.00295. The number of nitrogens with one attached hydrogen (secondary N) is 3. The van der Waals surface area contributed by atoms with Crippen LogP contribution in [0.2, 0.25) is 0 Å². The van der Waals surface area contributed by atoms with Crippen molar-refractivity contribution in [1.29, 1.82) is 0 Å². The fourth-order valence-corrected chi connectivity index (χ4v) is 2.18. The molecule has 0 aromatic heterocycles. The fourth-order valence-electron chi connectivity index (χ4n) is 1.95. The van der Waals surface area contributed by atoms with Gasteiger partial charge >= 0.3 is 0 Å². The number of amides is 2. The van der Waals surface area contributed by atoms with E-state index in [1.165, 1.54) is 0 Å². The molecular weight excluding hydrogens is 310 g/mol. The molecule has 0 radical (unpaired) electrons. The maximum atomic E-state index is 11.7. The first-order valence-corrected chi connectivity index (χ1v) is 8.32. The van der Waals surface area contributed by atoms with Crippen LogP contribution < -0.4 is 16.0 Å². The number of carbonyl (C=O) groups is 2. The van der Waals surface area contributed by atoms with Crippen molar-refractivity contribution >= 4 is 40.5 Å². The average molecular weight is 335 g/mol. The highest BCUT2D eigenvalue weighted by Crippen LogP contribution is 2.15. The van der Waals surface area contributed by atoms with Crippen LogP contribution in [0.5, 0.6) is 0 Å². The first-order valence-electron chi connectivity index (χ1n) is 7.91. The van der Waals surface area contributed by atoms with E-state index in [-0.39, 0.29) is 22.8 Å². The first kappa shape index (κ1) is 19.1. The van der Waals surface area contributed by atoms with Gasteiger partial charge in [-0.05, 0) is 42.8 Å². The number of rotatable bonds is 7. The molecule has 0 aliphatic carbocycles. The SMILES string of the molecule is CCCCC(=O)Nc1cccc(NC(=S)NC(=O)CC(C)C)c1. The molecule has 0 fully saturated rings. The van der Waals surface area contributed by atoms with Crippen molar-refractivity contribution < 1.29 is 9.59 Å². The lowest BCUT2D eigenvalue weighted by atomic mass is 10.1. The molecule has 0 aliphatic heterocycles. The minimum Gasteiger partial charge on any atom is -0.332 e. The van der Waals surface area contributed by atoms with E-state index in [4.69, 9.17) is 12.2 Å². The van der Waals surface area contributed by atoms with Gasteiger partial charge in [0.15, 0.2) is 5.11 Å². The van der Waals surface area contributed by atoms with E-state index >= 15 is 0 Å². The van der Waals surface area contributed by atoms with E-state index in [0.717, 1.165) is 12.8 Å². The Kier molecular flexibility index (Phi) is 8.26. The Morgan fingerprint density at radius 3 is 2.39 bits per heavy atom. The number of unbranched alkanes of at least 4 members (excludes halogenated alkanes) is 1. The van der Waals surface area contributed by atoms with Gasteiger partial charge in [-0.3, -0.25) is 9.59 Å². The molecule has 0 unspecified atom stereocenters. The highest BCUT2D eigenvalue weighted by Gasteiger charge is 2.08. The minimum atomic E-state index is -0.110. The van der Waals surface area contributed by atoms with Gasteiger partial charge in [0.25, 0.3) is 0 Å². The third-order valence-electron chi connectivity index (χ3n) is 3.01. The zero-order valence-electron chi connectivity index (χ0n) is 13.9. The van der Waals surface area contributed by atoms with Crippen LogP contribution in [-0.2, 0) is 9.59 Å².